The third-order valence-electron chi connectivity index (χ3n) is 3.15. The summed E-state index contributed by atoms with van der Waals surface area (Å²) in [5, 5.41) is 13.2. The van der Waals surface area contributed by atoms with Gasteiger partial charge in [-0.05, 0) is 22.9 Å². The van der Waals surface area contributed by atoms with Crippen LogP contribution in [0.4, 0.5) is 0 Å². The maximum absolute atomic E-state index is 9.34. The molecule has 102 valence electrons. The number of para-hydroxylation sites is 1. The van der Waals surface area contributed by atoms with E-state index in [-0.39, 0.29) is 6.61 Å². The Kier molecular flexibility index (Phi) is 3.92. The molecule has 2 nitrogen and oxygen atoms in total. The lowest BCUT2D eigenvalue weighted by molar-refractivity contribution is 0.259. The van der Waals surface area contributed by atoms with E-state index in [9.17, 15) is 5.11 Å². The summed E-state index contributed by atoms with van der Waals surface area (Å²) in [6.45, 7) is 0.362. The van der Waals surface area contributed by atoms with Crippen molar-refractivity contribution in [1.82, 2.24) is 0 Å². The van der Waals surface area contributed by atoms with Crippen LogP contribution in [-0.2, 0) is 13.2 Å². The number of benzene rings is 2. The molecule has 2 aromatic carbocycles. The van der Waals surface area contributed by atoms with E-state index in [1.807, 2.05) is 18.2 Å². The molecule has 1 N–H and O–H groups in total. The first kappa shape index (κ1) is 13.4. The molecule has 1 heterocycles. The summed E-state index contributed by atoms with van der Waals surface area (Å²) in [4.78, 5) is 0. The number of ether oxygens (including phenoxy) is 1. The van der Waals surface area contributed by atoms with Crippen molar-refractivity contribution in [3.63, 3.8) is 0 Å². The number of rotatable bonds is 4. The number of hydrogen-bond acceptors (Lipinski definition) is 3. The maximum atomic E-state index is 9.34. The van der Waals surface area contributed by atoms with Crippen LogP contribution in [-0.4, -0.2) is 5.11 Å². The number of aliphatic hydroxyl groups excluding tert-OH is 1. The molecule has 0 spiro atoms. The van der Waals surface area contributed by atoms with Crippen molar-refractivity contribution in [2.75, 3.05) is 0 Å². The first-order valence-electron chi connectivity index (χ1n) is 6.25. The highest BCUT2D eigenvalue weighted by atomic mass is 35.5. The second-order valence-corrected chi connectivity index (χ2v) is 5.75. The molecule has 0 aliphatic carbocycles. The van der Waals surface area contributed by atoms with Gasteiger partial charge in [0.1, 0.15) is 12.4 Å². The lowest BCUT2D eigenvalue weighted by atomic mass is 10.2. The van der Waals surface area contributed by atoms with Crippen LogP contribution < -0.4 is 4.74 Å². The lowest BCUT2D eigenvalue weighted by Crippen LogP contribution is -1.99. The van der Waals surface area contributed by atoms with Gasteiger partial charge in [0.15, 0.2) is 0 Å². The molecular formula is C16H13ClO2S. The topological polar surface area (TPSA) is 29.5 Å². The predicted octanol–water partition coefficient (Wildman–Crippen LogP) is 4.63. The highest BCUT2D eigenvalue weighted by molar-refractivity contribution is 7.17. The van der Waals surface area contributed by atoms with Crippen molar-refractivity contribution in [3.05, 3.63) is 64.0 Å². The monoisotopic (exact) mass is 304 g/mol. The third kappa shape index (κ3) is 2.52. The maximum Gasteiger partial charge on any atom is 0.143 e. The van der Waals surface area contributed by atoms with Gasteiger partial charge in [-0.15, -0.1) is 11.3 Å². The molecule has 3 aromatic rings. The van der Waals surface area contributed by atoms with Crippen LogP contribution in [0.15, 0.2) is 47.8 Å². The van der Waals surface area contributed by atoms with Crippen molar-refractivity contribution in [1.29, 1.82) is 0 Å². The summed E-state index contributed by atoms with van der Waals surface area (Å²) >= 11 is 7.83. The fourth-order valence-electron chi connectivity index (χ4n) is 2.13. The largest absolute Gasteiger partial charge is 0.487 e. The van der Waals surface area contributed by atoms with E-state index >= 15 is 0 Å². The smallest absolute Gasteiger partial charge is 0.143 e. The Morgan fingerprint density at radius 2 is 1.90 bits per heavy atom. The zero-order chi connectivity index (χ0) is 13.9. The Labute approximate surface area is 126 Å². The Balaban J connectivity index is 1.87. The number of hydrogen-bond donors (Lipinski definition) is 1. The van der Waals surface area contributed by atoms with E-state index < -0.39 is 0 Å². The van der Waals surface area contributed by atoms with E-state index in [4.69, 9.17) is 16.3 Å². The Hall–Kier alpha value is -1.55. The van der Waals surface area contributed by atoms with Gasteiger partial charge in [-0.2, -0.15) is 0 Å². The zero-order valence-corrected chi connectivity index (χ0v) is 12.2. The van der Waals surface area contributed by atoms with Crippen LogP contribution in [0.3, 0.4) is 0 Å². The van der Waals surface area contributed by atoms with Gasteiger partial charge in [-0.1, -0.05) is 41.9 Å². The molecule has 0 atom stereocenters. The van der Waals surface area contributed by atoms with Gasteiger partial charge >= 0.3 is 0 Å². The molecule has 4 heteroatoms. The lowest BCUT2D eigenvalue weighted by Gasteiger charge is -2.11. The summed E-state index contributed by atoms with van der Waals surface area (Å²) in [7, 11) is 0. The predicted molar refractivity (Wildman–Crippen MR) is 83.5 cm³/mol. The summed E-state index contributed by atoms with van der Waals surface area (Å²) in [5.74, 6) is 0.562. The molecule has 0 unspecified atom stereocenters. The van der Waals surface area contributed by atoms with Gasteiger partial charge in [-0.25, -0.2) is 0 Å². The molecular weight excluding hydrogens is 292 g/mol. The quantitative estimate of drug-likeness (QED) is 0.761. The minimum atomic E-state index is -0.0831. The van der Waals surface area contributed by atoms with Crippen LogP contribution in [0.1, 0.15) is 11.1 Å². The Morgan fingerprint density at radius 3 is 2.75 bits per heavy atom. The zero-order valence-electron chi connectivity index (χ0n) is 10.7. The van der Waals surface area contributed by atoms with E-state index in [0.29, 0.717) is 22.9 Å². The summed E-state index contributed by atoms with van der Waals surface area (Å²) < 4.78 is 7.07. The summed E-state index contributed by atoms with van der Waals surface area (Å²) in [6.07, 6.45) is 0. The van der Waals surface area contributed by atoms with E-state index in [2.05, 4.69) is 17.5 Å². The first-order valence-corrected chi connectivity index (χ1v) is 7.51. The van der Waals surface area contributed by atoms with E-state index in [1.165, 1.54) is 10.1 Å². The molecule has 0 bridgehead atoms. The van der Waals surface area contributed by atoms with Crippen LogP contribution in [0.2, 0.25) is 5.02 Å². The molecule has 0 aliphatic heterocycles. The highest BCUT2D eigenvalue weighted by Gasteiger charge is 2.09. The van der Waals surface area contributed by atoms with Gasteiger partial charge in [-0.3, -0.25) is 0 Å². The molecule has 0 radical (unpaired) electrons. The van der Waals surface area contributed by atoms with E-state index in [0.717, 1.165) is 5.56 Å². The van der Waals surface area contributed by atoms with Gasteiger partial charge in [0.05, 0.1) is 11.6 Å². The molecule has 0 amide bonds. The number of halogens is 1. The van der Waals surface area contributed by atoms with Crippen molar-refractivity contribution >= 4 is 33.0 Å². The molecule has 0 saturated heterocycles. The fourth-order valence-corrected chi connectivity index (χ4v) is 3.33. The SMILES string of the molecule is OCc1cccc(Cl)c1OCc1csc2ccccc12. The van der Waals surface area contributed by atoms with Crippen LogP contribution in [0.5, 0.6) is 5.75 Å². The standard InChI is InChI=1S/C16H13ClO2S/c17-14-6-3-4-11(8-18)16(14)19-9-12-10-20-15-7-2-1-5-13(12)15/h1-7,10,18H,8-9H2. The fraction of sp³-hybridized carbons (Fsp3) is 0.125. The van der Waals surface area contributed by atoms with Crippen molar-refractivity contribution in [2.45, 2.75) is 13.2 Å². The van der Waals surface area contributed by atoms with Crippen LogP contribution >= 0.6 is 22.9 Å². The molecule has 0 saturated carbocycles. The normalized spacial score (nSPS) is 10.9. The molecule has 20 heavy (non-hydrogen) atoms. The summed E-state index contributed by atoms with van der Waals surface area (Å²) in [6, 6.07) is 13.6. The average Bonchev–Trinajstić information content (AvgIpc) is 2.89. The number of aliphatic hydroxyl groups is 1. The average molecular weight is 305 g/mol. The van der Waals surface area contributed by atoms with Gasteiger partial charge in [0, 0.05) is 15.8 Å². The van der Waals surface area contributed by atoms with Crippen LogP contribution in [0, 0.1) is 0 Å². The Bertz CT molecular complexity index is 736. The second kappa shape index (κ2) is 5.83. The third-order valence-corrected chi connectivity index (χ3v) is 4.46. The van der Waals surface area contributed by atoms with Crippen LogP contribution in [0.25, 0.3) is 10.1 Å². The first-order chi connectivity index (χ1) is 9.79. The number of thiophene rings is 1. The Morgan fingerprint density at radius 1 is 1.05 bits per heavy atom. The second-order valence-electron chi connectivity index (χ2n) is 4.43. The van der Waals surface area contributed by atoms with Crippen molar-refractivity contribution in [3.8, 4) is 5.75 Å². The van der Waals surface area contributed by atoms with Crippen molar-refractivity contribution in [2.24, 2.45) is 0 Å². The van der Waals surface area contributed by atoms with Gasteiger partial charge in [0.2, 0.25) is 0 Å². The van der Waals surface area contributed by atoms with E-state index in [1.54, 1.807) is 23.5 Å². The minimum absolute atomic E-state index is 0.0831. The van der Waals surface area contributed by atoms with Crippen molar-refractivity contribution < 1.29 is 9.84 Å². The highest BCUT2D eigenvalue weighted by Crippen LogP contribution is 2.31. The molecule has 3 rings (SSSR count). The molecule has 1 aromatic heterocycles. The number of fused-ring (bicyclic) bond motifs is 1. The molecule has 0 fully saturated rings. The van der Waals surface area contributed by atoms with Gasteiger partial charge in [0.25, 0.3) is 0 Å². The van der Waals surface area contributed by atoms with Gasteiger partial charge < -0.3 is 9.84 Å². The molecule has 0 aliphatic rings. The minimum Gasteiger partial charge on any atom is -0.487 e. The summed E-state index contributed by atoms with van der Waals surface area (Å²) in [5.41, 5.74) is 1.84.